The van der Waals surface area contributed by atoms with Gasteiger partial charge < -0.3 is 20.4 Å². The second-order valence-electron chi connectivity index (χ2n) is 6.93. The van der Waals surface area contributed by atoms with Crippen molar-refractivity contribution in [2.75, 3.05) is 18.2 Å². The molecule has 1 heterocycles. The number of aryl methyl sites for hydroxylation is 1. The molecule has 0 atom stereocenters. The standard InChI is InChI=1S/C24H22ClN3O2/c1-3-28-21-14-19(30-2)12-13-20(21)22(26)23(28)15-4-6-16(7-5-15)24(29)27-18-10-8-17(25)9-11-18/h4-14H,3,26H2,1-2H3,(H,27,29). The molecule has 4 rings (SSSR count). The van der Waals surface area contributed by atoms with Gasteiger partial charge in [0.2, 0.25) is 0 Å². The number of hydrogen-bond acceptors (Lipinski definition) is 3. The number of rotatable bonds is 5. The number of ether oxygens (including phenoxy) is 1. The van der Waals surface area contributed by atoms with Gasteiger partial charge in [0, 0.05) is 39.8 Å². The Hall–Kier alpha value is -3.44. The van der Waals surface area contributed by atoms with Crippen LogP contribution in [0.3, 0.4) is 0 Å². The van der Waals surface area contributed by atoms with Crippen molar-refractivity contribution in [3.63, 3.8) is 0 Å². The highest BCUT2D eigenvalue weighted by Gasteiger charge is 2.17. The molecule has 1 aromatic heterocycles. The van der Waals surface area contributed by atoms with Crippen molar-refractivity contribution >= 4 is 39.8 Å². The molecule has 0 saturated heterocycles. The molecule has 152 valence electrons. The lowest BCUT2D eigenvalue weighted by atomic mass is 10.1. The number of nitrogens with one attached hydrogen (secondary N) is 1. The molecular weight excluding hydrogens is 398 g/mol. The molecule has 4 aromatic rings. The smallest absolute Gasteiger partial charge is 0.255 e. The van der Waals surface area contributed by atoms with Crippen LogP contribution in [0.15, 0.2) is 66.7 Å². The van der Waals surface area contributed by atoms with E-state index >= 15 is 0 Å². The van der Waals surface area contributed by atoms with Crippen LogP contribution in [-0.2, 0) is 6.54 Å². The highest BCUT2D eigenvalue weighted by molar-refractivity contribution is 6.30. The van der Waals surface area contributed by atoms with Gasteiger partial charge in [-0.25, -0.2) is 0 Å². The Balaban J connectivity index is 1.67. The van der Waals surface area contributed by atoms with Gasteiger partial charge >= 0.3 is 0 Å². The van der Waals surface area contributed by atoms with Crippen molar-refractivity contribution in [1.82, 2.24) is 4.57 Å². The molecule has 0 aliphatic heterocycles. The van der Waals surface area contributed by atoms with E-state index < -0.39 is 0 Å². The number of carbonyl (C=O) groups excluding carboxylic acids is 1. The van der Waals surface area contributed by atoms with E-state index in [2.05, 4.69) is 16.8 Å². The van der Waals surface area contributed by atoms with Crippen molar-refractivity contribution in [1.29, 1.82) is 0 Å². The molecule has 3 N–H and O–H groups in total. The summed E-state index contributed by atoms with van der Waals surface area (Å²) in [7, 11) is 1.65. The van der Waals surface area contributed by atoms with E-state index in [1.54, 1.807) is 43.5 Å². The Morgan fingerprint density at radius 1 is 1.07 bits per heavy atom. The summed E-state index contributed by atoms with van der Waals surface area (Å²) in [5.74, 6) is 0.605. The fourth-order valence-electron chi connectivity index (χ4n) is 3.64. The number of aromatic nitrogens is 1. The molecule has 30 heavy (non-hydrogen) atoms. The summed E-state index contributed by atoms with van der Waals surface area (Å²) in [6.45, 7) is 2.84. The molecule has 0 spiro atoms. The predicted molar refractivity (Wildman–Crippen MR) is 123 cm³/mol. The van der Waals surface area contributed by atoms with E-state index in [9.17, 15) is 4.79 Å². The van der Waals surface area contributed by atoms with Gasteiger partial charge in [-0.05, 0) is 55.5 Å². The first-order chi connectivity index (χ1) is 14.5. The van der Waals surface area contributed by atoms with Gasteiger partial charge in [-0.1, -0.05) is 23.7 Å². The first-order valence-corrected chi connectivity index (χ1v) is 10.0. The highest BCUT2D eigenvalue weighted by Crippen LogP contribution is 2.37. The molecule has 1 amide bonds. The lowest BCUT2D eigenvalue weighted by molar-refractivity contribution is 0.102. The molecule has 0 bridgehead atoms. The fourth-order valence-corrected chi connectivity index (χ4v) is 3.76. The number of nitrogens with two attached hydrogens (primary N) is 1. The number of amides is 1. The zero-order chi connectivity index (χ0) is 21.3. The first-order valence-electron chi connectivity index (χ1n) is 9.65. The molecule has 0 unspecified atom stereocenters. The maximum absolute atomic E-state index is 12.6. The molecule has 6 heteroatoms. The van der Waals surface area contributed by atoms with Gasteiger partial charge in [0.1, 0.15) is 5.75 Å². The van der Waals surface area contributed by atoms with Gasteiger partial charge in [-0.3, -0.25) is 4.79 Å². The fraction of sp³-hybridized carbons (Fsp3) is 0.125. The summed E-state index contributed by atoms with van der Waals surface area (Å²) in [6.07, 6.45) is 0. The van der Waals surface area contributed by atoms with Crippen molar-refractivity contribution in [2.24, 2.45) is 0 Å². The topological polar surface area (TPSA) is 69.3 Å². The van der Waals surface area contributed by atoms with E-state index in [-0.39, 0.29) is 5.91 Å². The molecule has 0 aliphatic rings. The van der Waals surface area contributed by atoms with Gasteiger partial charge in [0.25, 0.3) is 5.91 Å². The number of anilines is 2. The van der Waals surface area contributed by atoms with Crippen molar-refractivity contribution < 1.29 is 9.53 Å². The van der Waals surface area contributed by atoms with Crippen LogP contribution in [0.4, 0.5) is 11.4 Å². The maximum atomic E-state index is 12.6. The molecular formula is C24H22ClN3O2. The highest BCUT2D eigenvalue weighted by atomic mass is 35.5. The Morgan fingerprint density at radius 3 is 2.40 bits per heavy atom. The second-order valence-corrected chi connectivity index (χ2v) is 7.36. The number of nitrogens with zero attached hydrogens (tertiary/aromatic N) is 1. The van der Waals surface area contributed by atoms with Gasteiger partial charge in [0.05, 0.1) is 24.0 Å². The summed E-state index contributed by atoms with van der Waals surface area (Å²) in [4.78, 5) is 12.6. The minimum absolute atomic E-state index is 0.183. The number of benzene rings is 3. The van der Waals surface area contributed by atoms with Crippen LogP contribution < -0.4 is 15.8 Å². The van der Waals surface area contributed by atoms with Crippen LogP contribution in [0.5, 0.6) is 5.75 Å². The normalized spacial score (nSPS) is 10.9. The molecule has 0 aliphatic carbocycles. The number of halogens is 1. The Bertz CT molecular complexity index is 1210. The molecule has 0 fully saturated rings. The zero-order valence-electron chi connectivity index (χ0n) is 16.8. The van der Waals surface area contributed by atoms with E-state index in [1.165, 1.54) is 0 Å². The lowest BCUT2D eigenvalue weighted by Gasteiger charge is -2.10. The molecule has 0 radical (unpaired) electrons. The van der Waals surface area contributed by atoms with E-state index in [0.29, 0.717) is 22.0 Å². The minimum atomic E-state index is -0.183. The van der Waals surface area contributed by atoms with E-state index in [1.807, 2.05) is 30.3 Å². The molecule has 0 saturated carbocycles. The summed E-state index contributed by atoms with van der Waals surface area (Å²) >= 11 is 5.89. The Labute approximate surface area is 180 Å². The third-order valence-corrected chi connectivity index (χ3v) is 5.40. The maximum Gasteiger partial charge on any atom is 0.255 e. The predicted octanol–water partition coefficient (Wildman–Crippen LogP) is 5.82. The largest absolute Gasteiger partial charge is 0.497 e. The SMILES string of the molecule is CCn1c(-c2ccc(C(=O)Nc3ccc(Cl)cc3)cc2)c(N)c2ccc(OC)cc21. The van der Waals surface area contributed by atoms with E-state index in [4.69, 9.17) is 22.1 Å². The lowest BCUT2D eigenvalue weighted by Crippen LogP contribution is -2.11. The van der Waals surface area contributed by atoms with Gasteiger partial charge in [-0.15, -0.1) is 0 Å². The number of nitrogen functional groups attached to an aromatic ring is 1. The third-order valence-electron chi connectivity index (χ3n) is 5.15. The number of hydrogen-bond donors (Lipinski definition) is 2. The average Bonchev–Trinajstić information content (AvgIpc) is 3.06. The van der Waals surface area contributed by atoms with Crippen molar-refractivity contribution in [3.8, 4) is 17.0 Å². The van der Waals surface area contributed by atoms with E-state index in [0.717, 1.165) is 34.5 Å². The van der Waals surface area contributed by atoms with Crippen LogP contribution in [-0.4, -0.2) is 17.6 Å². The number of fused-ring (bicyclic) bond motifs is 1. The third kappa shape index (κ3) is 3.60. The summed E-state index contributed by atoms with van der Waals surface area (Å²) in [6, 6.07) is 20.3. The van der Waals surface area contributed by atoms with Crippen LogP contribution in [0, 0.1) is 0 Å². The van der Waals surface area contributed by atoms with Crippen LogP contribution in [0.1, 0.15) is 17.3 Å². The van der Waals surface area contributed by atoms with Gasteiger partial charge in [0.15, 0.2) is 0 Å². The zero-order valence-corrected chi connectivity index (χ0v) is 17.5. The summed E-state index contributed by atoms with van der Waals surface area (Å²) < 4.78 is 7.53. The summed E-state index contributed by atoms with van der Waals surface area (Å²) in [5.41, 5.74) is 11.4. The molecule has 5 nitrogen and oxygen atoms in total. The Kier molecular flexibility index (Phi) is 5.38. The van der Waals surface area contributed by atoms with Crippen molar-refractivity contribution in [3.05, 3.63) is 77.3 Å². The Morgan fingerprint density at radius 2 is 1.77 bits per heavy atom. The van der Waals surface area contributed by atoms with Crippen LogP contribution in [0.25, 0.3) is 22.2 Å². The van der Waals surface area contributed by atoms with Crippen molar-refractivity contribution in [2.45, 2.75) is 13.5 Å². The van der Waals surface area contributed by atoms with Gasteiger partial charge in [-0.2, -0.15) is 0 Å². The van der Waals surface area contributed by atoms with Crippen LogP contribution in [0.2, 0.25) is 5.02 Å². The second kappa shape index (κ2) is 8.13. The van der Waals surface area contributed by atoms with Crippen LogP contribution >= 0.6 is 11.6 Å². The summed E-state index contributed by atoms with van der Waals surface area (Å²) in [5, 5.41) is 4.48. The average molecular weight is 420 g/mol. The monoisotopic (exact) mass is 419 g/mol. The molecule has 3 aromatic carbocycles. The quantitative estimate of drug-likeness (QED) is 0.428. The number of carbonyl (C=O) groups is 1. The minimum Gasteiger partial charge on any atom is -0.497 e. The number of methoxy groups -OCH3 is 1. The first kappa shape index (κ1) is 19.9.